The summed E-state index contributed by atoms with van der Waals surface area (Å²) >= 11 is 6.53. The average molecular weight is 292 g/mol. The van der Waals surface area contributed by atoms with Gasteiger partial charge in [-0.1, -0.05) is 24.4 Å². The Morgan fingerprint density at radius 1 is 1.30 bits per heavy atom. The van der Waals surface area contributed by atoms with Gasteiger partial charge in [0.05, 0.1) is 12.1 Å². The fourth-order valence-electron chi connectivity index (χ4n) is 3.71. The largest absolute Gasteiger partial charge is 0.495 e. The van der Waals surface area contributed by atoms with E-state index in [4.69, 9.17) is 16.3 Å². The van der Waals surface area contributed by atoms with Crippen LogP contribution in [0.25, 0.3) is 0 Å². The van der Waals surface area contributed by atoms with Crippen molar-refractivity contribution in [2.45, 2.75) is 50.5 Å². The van der Waals surface area contributed by atoms with Gasteiger partial charge in [0.25, 0.3) is 0 Å². The summed E-state index contributed by atoms with van der Waals surface area (Å²) in [5.74, 6) is 0.702. The summed E-state index contributed by atoms with van der Waals surface area (Å²) < 4.78 is 5.56. The zero-order valence-corrected chi connectivity index (χ0v) is 12.4. The molecule has 1 aromatic rings. The molecule has 1 aromatic carbocycles. The summed E-state index contributed by atoms with van der Waals surface area (Å²) in [7, 11) is 1.64. The molecule has 2 aliphatic rings. The number of nitrogens with zero attached hydrogens (tertiary/aromatic N) is 1. The van der Waals surface area contributed by atoms with Gasteiger partial charge in [-0.2, -0.15) is 4.99 Å². The van der Waals surface area contributed by atoms with E-state index >= 15 is 0 Å². The van der Waals surface area contributed by atoms with Crippen molar-refractivity contribution < 1.29 is 9.53 Å². The molecule has 0 radical (unpaired) electrons. The molecule has 1 saturated carbocycles. The van der Waals surface area contributed by atoms with Crippen LogP contribution < -0.4 is 4.74 Å². The molecule has 20 heavy (non-hydrogen) atoms. The SMILES string of the molecule is COc1c(C2(N=C=O)CCCC2)cc2c(c1Cl)CCC2. The number of rotatable bonds is 3. The molecule has 1 fully saturated rings. The molecule has 0 heterocycles. The molecule has 2 aliphatic carbocycles. The quantitative estimate of drug-likeness (QED) is 0.625. The topological polar surface area (TPSA) is 38.7 Å². The summed E-state index contributed by atoms with van der Waals surface area (Å²) in [5, 5.41) is 0.713. The van der Waals surface area contributed by atoms with Crippen LogP contribution in [0.15, 0.2) is 11.1 Å². The number of hydrogen-bond donors (Lipinski definition) is 0. The lowest BCUT2D eigenvalue weighted by Crippen LogP contribution is -2.20. The van der Waals surface area contributed by atoms with Crippen LogP contribution in [0.5, 0.6) is 5.75 Å². The number of hydrogen-bond acceptors (Lipinski definition) is 3. The van der Waals surface area contributed by atoms with E-state index in [0.717, 1.165) is 50.5 Å². The number of benzene rings is 1. The summed E-state index contributed by atoms with van der Waals surface area (Å²) in [6.07, 6.45) is 8.83. The minimum atomic E-state index is -0.478. The summed E-state index contributed by atoms with van der Waals surface area (Å²) in [4.78, 5) is 15.0. The molecule has 4 heteroatoms. The minimum Gasteiger partial charge on any atom is -0.495 e. The van der Waals surface area contributed by atoms with E-state index in [1.54, 1.807) is 13.2 Å². The van der Waals surface area contributed by atoms with Crippen LogP contribution in [0.1, 0.15) is 48.8 Å². The fourth-order valence-corrected chi connectivity index (χ4v) is 4.10. The van der Waals surface area contributed by atoms with Crippen molar-refractivity contribution >= 4 is 17.7 Å². The molecular weight excluding hydrogens is 274 g/mol. The number of isocyanates is 1. The summed E-state index contributed by atoms with van der Waals surface area (Å²) in [6.45, 7) is 0. The van der Waals surface area contributed by atoms with Crippen molar-refractivity contribution in [1.82, 2.24) is 0 Å². The van der Waals surface area contributed by atoms with E-state index in [-0.39, 0.29) is 0 Å². The van der Waals surface area contributed by atoms with Crippen LogP contribution in [0.4, 0.5) is 0 Å². The summed E-state index contributed by atoms with van der Waals surface area (Å²) in [5.41, 5.74) is 2.99. The van der Waals surface area contributed by atoms with E-state index in [1.807, 2.05) is 0 Å². The van der Waals surface area contributed by atoms with Crippen LogP contribution in [-0.4, -0.2) is 13.2 Å². The Hall–Kier alpha value is -1.31. The standard InChI is InChI=1S/C16H18ClNO2/c1-20-15-13(16(18-10-19)7-2-3-8-16)9-11-5-4-6-12(11)14(15)17/h9H,2-8H2,1H3. The van der Waals surface area contributed by atoms with Gasteiger partial charge >= 0.3 is 0 Å². The maximum absolute atomic E-state index is 10.9. The van der Waals surface area contributed by atoms with E-state index in [9.17, 15) is 4.79 Å². The van der Waals surface area contributed by atoms with Crippen LogP contribution in [0, 0.1) is 0 Å². The normalized spacial score (nSPS) is 19.5. The number of fused-ring (bicyclic) bond motifs is 1. The predicted octanol–water partition coefficient (Wildman–Crippen LogP) is 3.94. The zero-order valence-electron chi connectivity index (χ0n) is 11.7. The first-order valence-corrected chi connectivity index (χ1v) is 7.57. The van der Waals surface area contributed by atoms with E-state index < -0.39 is 5.54 Å². The van der Waals surface area contributed by atoms with Crippen molar-refractivity contribution in [2.24, 2.45) is 4.99 Å². The van der Waals surface area contributed by atoms with Gasteiger partial charge in [-0.05, 0) is 49.3 Å². The van der Waals surface area contributed by atoms with Crippen LogP contribution >= 0.6 is 11.6 Å². The summed E-state index contributed by atoms with van der Waals surface area (Å²) in [6, 6.07) is 2.17. The lowest BCUT2D eigenvalue weighted by Gasteiger charge is -2.27. The Morgan fingerprint density at radius 3 is 2.70 bits per heavy atom. The second kappa shape index (κ2) is 5.23. The van der Waals surface area contributed by atoms with Crippen molar-refractivity contribution in [1.29, 1.82) is 0 Å². The molecular formula is C16H18ClNO2. The minimum absolute atomic E-state index is 0.478. The molecule has 0 spiro atoms. The maximum Gasteiger partial charge on any atom is 0.235 e. The highest BCUT2D eigenvalue weighted by Gasteiger charge is 2.40. The first-order valence-electron chi connectivity index (χ1n) is 7.19. The van der Waals surface area contributed by atoms with Gasteiger partial charge in [-0.25, -0.2) is 4.79 Å². The lowest BCUT2D eigenvalue weighted by molar-refractivity contribution is 0.379. The van der Waals surface area contributed by atoms with Gasteiger partial charge in [0.1, 0.15) is 11.3 Å². The molecule has 3 rings (SSSR count). The Kier molecular flexibility index (Phi) is 3.57. The van der Waals surface area contributed by atoms with Crippen molar-refractivity contribution in [2.75, 3.05) is 7.11 Å². The molecule has 3 nitrogen and oxygen atoms in total. The van der Waals surface area contributed by atoms with Crippen LogP contribution in [0.2, 0.25) is 5.02 Å². The number of carbonyl (C=O) groups excluding carboxylic acids is 1. The Balaban J connectivity index is 2.22. The number of ether oxygens (including phenoxy) is 1. The van der Waals surface area contributed by atoms with Crippen LogP contribution in [-0.2, 0) is 23.2 Å². The number of aliphatic imine (C=N–C) groups is 1. The highest BCUT2D eigenvalue weighted by molar-refractivity contribution is 6.33. The van der Waals surface area contributed by atoms with Gasteiger partial charge in [0.2, 0.25) is 6.08 Å². The van der Waals surface area contributed by atoms with Crippen molar-refractivity contribution in [3.63, 3.8) is 0 Å². The maximum atomic E-state index is 10.9. The molecule has 0 aromatic heterocycles. The van der Waals surface area contributed by atoms with E-state index in [2.05, 4.69) is 11.1 Å². The average Bonchev–Trinajstić information content (AvgIpc) is 3.08. The Morgan fingerprint density at radius 2 is 2.05 bits per heavy atom. The molecule has 0 atom stereocenters. The second-order valence-corrected chi connectivity index (χ2v) is 6.08. The Labute approximate surface area is 124 Å². The predicted molar refractivity (Wildman–Crippen MR) is 78.3 cm³/mol. The lowest BCUT2D eigenvalue weighted by atomic mass is 9.86. The molecule has 0 unspecified atom stereocenters. The van der Waals surface area contributed by atoms with Crippen LogP contribution in [0.3, 0.4) is 0 Å². The van der Waals surface area contributed by atoms with Gasteiger partial charge in [0, 0.05) is 5.56 Å². The zero-order chi connectivity index (χ0) is 14.2. The van der Waals surface area contributed by atoms with Gasteiger partial charge in [0.15, 0.2) is 0 Å². The third-order valence-electron chi connectivity index (χ3n) is 4.68. The first-order chi connectivity index (χ1) is 9.72. The number of halogens is 1. The number of aryl methyl sites for hydroxylation is 1. The highest BCUT2D eigenvalue weighted by Crippen LogP contribution is 2.50. The molecule has 0 aliphatic heterocycles. The highest BCUT2D eigenvalue weighted by atomic mass is 35.5. The molecule has 106 valence electrons. The monoisotopic (exact) mass is 291 g/mol. The van der Waals surface area contributed by atoms with E-state index in [0.29, 0.717) is 10.8 Å². The van der Waals surface area contributed by atoms with Crippen molar-refractivity contribution in [3.05, 3.63) is 27.8 Å². The van der Waals surface area contributed by atoms with E-state index in [1.165, 1.54) is 11.1 Å². The molecule has 0 bridgehead atoms. The third kappa shape index (κ3) is 1.97. The van der Waals surface area contributed by atoms with Crippen molar-refractivity contribution in [3.8, 4) is 5.75 Å². The molecule has 0 saturated heterocycles. The third-order valence-corrected chi connectivity index (χ3v) is 5.08. The molecule has 0 amide bonds. The molecule has 0 N–H and O–H groups in total. The van der Waals surface area contributed by atoms with Gasteiger partial charge < -0.3 is 4.74 Å². The smallest absolute Gasteiger partial charge is 0.235 e. The Bertz CT molecular complexity index is 585. The van der Waals surface area contributed by atoms with Gasteiger partial charge in [-0.3, -0.25) is 0 Å². The first kappa shape index (κ1) is 13.7. The van der Waals surface area contributed by atoms with Gasteiger partial charge in [-0.15, -0.1) is 0 Å². The second-order valence-electron chi connectivity index (χ2n) is 5.70. The number of methoxy groups -OCH3 is 1. The fraction of sp³-hybridized carbons (Fsp3) is 0.562.